The number of amides is 1. The van der Waals surface area contributed by atoms with Crippen molar-refractivity contribution in [1.29, 1.82) is 0 Å². The molecule has 0 saturated carbocycles. The van der Waals surface area contributed by atoms with E-state index >= 15 is 0 Å². The third-order valence-corrected chi connectivity index (χ3v) is 15.6. The number of ether oxygens (including phenoxy) is 1. The lowest BCUT2D eigenvalue weighted by molar-refractivity contribution is -0.870. The fourth-order valence-corrected chi connectivity index (χ4v) is 10.1. The molecule has 0 saturated heterocycles. The topological polar surface area (TPSA) is 111 Å². The summed E-state index contributed by atoms with van der Waals surface area (Å²) in [5.41, 5.74) is 0. The first kappa shape index (κ1) is 80.4. The molecule has 0 radical (unpaired) electrons. The fraction of sp³-hybridized carbons (Fsp3) is 0.703. The van der Waals surface area contributed by atoms with Crippen LogP contribution >= 0.6 is 7.82 Å². The summed E-state index contributed by atoms with van der Waals surface area (Å²) in [6.07, 6.45) is 87.8. The van der Waals surface area contributed by atoms with E-state index in [9.17, 15) is 19.0 Å². The minimum absolute atomic E-state index is 0.0278. The Labute approximate surface area is 518 Å². The predicted octanol–water partition coefficient (Wildman–Crippen LogP) is 21.8. The summed E-state index contributed by atoms with van der Waals surface area (Å²) in [5.74, 6) is -0.547. The van der Waals surface area contributed by atoms with Gasteiger partial charge in [-0.2, -0.15) is 0 Å². The van der Waals surface area contributed by atoms with Gasteiger partial charge in [0.05, 0.1) is 33.8 Å². The molecule has 2 N–H and O–H groups in total. The van der Waals surface area contributed by atoms with Gasteiger partial charge in [0.1, 0.15) is 19.3 Å². The van der Waals surface area contributed by atoms with Gasteiger partial charge in [-0.1, -0.05) is 271 Å². The van der Waals surface area contributed by atoms with Crippen molar-refractivity contribution in [2.45, 2.75) is 296 Å². The number of esters is 1. The molecule has 0 fully saturated rings. The smallest absolute Gasteiger partial charge is 0.456 e. The number of nitrogens with zero attached hydrogens (tertiary/aromatic N) is 1. The number of carbonyl (C=O) groups excluding carboxylic acids is 2. The van der Waals surface area contributed by atoms with Gasteiger partial charge in [-0.15, -0.1) is 0 Å². The number of unbranched alkanes of at least 4 members (excludes halogenated alkanes) is 27. The van der Waals surface area contributed by atoms with E-state index in [1.54, 1.807) is 0 Å². The Morgan fingerprint density at radius 1 is 0.429 bits per heavy atom. The molecule has 1 amide bonds. The molecule has 482 valence electrons. The molecule has 0 aliphatic carbocycles. The highest BCUT2D eigenvalue weighted by atomic mass is 31.2. The molecule has 0 aromatic heterocycles. The number of phosphoric acid groups is 1. The van der Waals surface area contributed by atoms with Gasteiger partial charge >= 0.3 is 13.8 Å². The maximum atomic E-state index is 13.6. The summed E-state index contributed by atoms with van der Waals surface area (Å²) < 4.78 is 30.8. The summed E-state index contributed by atoms with van der Waals surface area (Å²) in [5, 5.41) is 3.04. The van der Waals surface area contributed by atoms with Gasteiger partial charge < -0.3 is 19.4 Å². The van der Waals surface area contributed by atoms with Gasteiger partial charge in [0.15, 0.2) is 0 Å². The summed E-state index contributed by atoms with van der Waals surface area (Å²) in [6.45, 7) is 6.84. The van der Waals surface area contributed by atoms with E-state index in [2.05, 4.69) is 135 Å². The third-order valence-electron chi connectivity index (χ3n) is 14.6. The second kappa shape index (κ2) is 62.5. The lowest BCUT2D eigenvalue weighted by Gasteiger charge is -2.27. The molecule has 84 heavy (non-hydrogen) atoms. The molecule has 0 rings (SSSR count). The lowest BCUT2D eigenvalue weighted by Crippen LogP contribution is -2.47. The second-order valence-corrected chi connectivity index (χ2v) is 25.4. The van der Waals surface area contributed by atoms with Crippen molar-refractivity contribution in [3.8, 4) is 0 Å². The van der Waals surface area contributed by atoms with Crippen LogP contribution in [0.25, 0.3) is 0 Å². The van der Waals surface area contributed by atoms with E-state index in [1.807, 2.05) is 33.3 Å². The molecule has 0 aliphatic heterocycles. The van der Waals surface area contributed by atoms with Gasteiger partial charge in [-0.25, -0.2) is 4.57 Å². The lowest BCUT2D eigenvalue weighted by atomic mass is 10.0. The Kier molecular flexibility index (Phi) is 59.8. The predicted molar refractivity (Wildman–Crippen MR) is 364 cm³/mol. The van der Waals surface area contributed by atoms with Gasteiger partial charge in [-0.3, -0.25) is 18.6 Å². The molecule has 0 heterocycles. The van der Waals surface area contributed by atoms with Gasteiger partial charge in [0.25, 0.3) is 0 Å². The van der Waals surface area contributed by atoms with Gasteiger partial charge in [0.2, 0.25) is 5.91 Å². The monoisotopic (exact) mass is 1190 g/mol. The van der Waals surface area contributed by atoms with Crippen molar-refractivity contribution in [1.82, 2.24) is 5.32 Å². The highest BCUT2D eigenvalue weighted by Crippen LogP contribution is 2.43. The van der Waals surface area contributed by atoms with Crippen molar-refractivity contribution in [3.63, 3.8) is 0 Å². The molecular formula is C74H130N2O7P+. The largest absolute Gasteiger partial charge is 0.472 e. The maximum Gasteiger partial charge on any atom is 0.472 e. The van der Waals surface area contributed by atoms with Crippen molar-refractivity contribution in [2.24, 2.45) is 0 Å². The SMILES string of the molecule is CC/C=C\C/C=C\C/C=C\C/C=C\C/C=C\CCCCCCCCCCCCCC(=O)OC(/C=C\CCCCCCCCCCCC)C(COP(=O)(O)OCC[N+](C)(C)C)NC(=O)CCCCC/C=C\C/C=C\C/C=C\C/C=C\CCCCC. The molecule has 0 spiro atoms. The Bertz CT molecular complexity index is 1850. The van der Waals surface area contributed by atoms with Gasteiger partial charge in [0, 0.05) is 12.8 Å². The standard InChI is InChI=1S/C74H129N2O7P/c1-7-10-13-16-19-22-25-28-30-32-34-35-36-37-38-39-40-41-43-45-47-49-52-55-58-61-64-67-74(78)83-72(65-62-59-56-53-50-27-24-21-18-15-12-9-3)71(70-82-84(79,80)81-69-68-76(4,5)6)75-73(77)66-63-60-57-54-51-48-46-44-42-33-31-29-26-23-20-17-14-11-8-2/h10,13,19-20,22-23,28-31,34-35,37-38,42,44,48,51,62,65,71-72H,7-9,11-12,14-18,21,24-27,32-33,36,39-41,43,45-47,49-50,52-61,63-64,66-70H2,1-6H3,(H-,75,77,79,80)/p+1/b13-10-,22-19-,23-20-,30-28-,31-29-,35-34-,38-37-,44-42-,51-48-,65-62-. The number of likely N-dealkylation sites (N-methyl/N-ethyl adjacent to an activating group) is 1. The number of phosphoric ester groups is 1. The van der Waals surface area contributed by atoms with Crippen LogP contribution in [0.15, 0.2) is 122 Å². The second-order valence-electron chi connectivity index (χ2n) is 24.0. The third kappa shape index (κ3) is 62.9. The van der Waals surface area contributed by atoms with Crippen LogP contribution in [-0.2, 0) is 27.9 Å². The molecule has 3 unspecified atom stereocenters. The van der Waals surface area contributed by atoms with Crippen LogP contribution in [-0.4, -0.2) is 74.3 Å². The van der Waals surface area contributed by atoms with Crippen LogP contribution in [0.1, 0.15) is 284 Å². The van der Waals surface area contributed by atoms with E-state index in [0.29, 0.717) is 17.4 Å². The summed E-state index contributed by atoms with van der Waals surface area (Å²) >= 11 is 0. The molecule has 0 bridgehead atoms. The van der Waals surface area contributed by atoms with Crippen LogP contribution in [0.3, 0.4) is 0 Å². The van der Waals surface area contributed by atoms with Crippen molar-refractivity contribution >= 4 is 19.7 Å². The summed E-state index contributed by atoms with van der Waals surface area (Å²) in [4.78, 5) is 37.8. The van der Waals surface area contributed by atoms with Crippen molar-refractivity contribution < 1.29 is 37.3 Å². The highest BCUT2D eigenvalue weighted by Gasteiger charge is 2.30. The molecule has 0 aliphatic rings. The number of quaternary nitrogens is 1. The zero-order valence-corrected chi connectivity index (χ0v) is 56.0. The molecule has 9 nitrogen and oxygen atoms in total. The quantitative estimate of drug-likeness (QED) is 0.0205. The Balaban J connectivity index is 5.15. The first-order valence-corrected chi connectivity index (χ1v) is 35.9. The van der Waals surface area contributed by atoms with Crippen molar-refractivity contribution in [2.75, 3.05) is 40.9 Å². The average molecular weight is 1190 g/mol. The van der Waals surface area contributed by atoms with Crippen molar-refractivity contribution in [3.05, 3.63) is 122 Å². The molecule has 0 aromatic carbocycles. The van der Waals surface area contributed by atoms with Crippen LogP contribution in [0, 0.1) is 0 Å². The number of carbonyl (C=O) groups is 2. The zero-order chi connectivity index (χ0) is 61.4. The van der Waals surface area contributed by atoms with Gasteiger partial charge in [-0.05, 0) is 122 Å². The molecule has 10 heteroatoms. The number of hydrogen-bond acceptors (Lipinski definition) is 6. The van der Waals surface area contributed by atoms with Crippen LogP contribution in [0.2, 0.25) is 0 Å². The van der Waals surface area contributed by atoms with E-state index in [-0.39, 0.29) is 37.9 Å². The minimum Gasteiger partial charge on any atom is -0.456 e. The van der Waals surface area contributed by atoms with E-state index in [4.69, 9.17) is 13.8 Å². The van der Waals surface area contributed by atoms with Crippen LogP contribution in [0.4, 0.5) is 0 Å². The number of hydrogen-bond donors (Lipinski definition) is 2. The normalized spacial score (nSPS) is 14.3. The first-order valence-electron chi connectivity index (χ1n) is 34.4. The Hall–Kier alpha value is -3.59. The summed E-state index contributed by atoms with van der Waals surface area (Å²) in [6, 6.07) is -0.875. The number of rotatable bonds is 61. The molecular weight excluding hydrogens is 1060 g/mol. The highest BCUT2D eigenvalue weighted by molar-refractivity contribution is 7.47. The van der Waals surface area contributed by atoms with E-state index in [0.717, 1.165) is 116 Å². The fourth-order valence-electron chi connectivity index (χ4n) is 9.36. The molecule has 3 atom stereocenters. The van der Waals surface area contributed by atoms with E-state index in [1.165, 1.54) is 128 Å². The Morgan fingerprint density at radius 3 is 1.18 bits per heavy atom. The average Bonchev–Trinajstić information content (AvgIpc) is 3.65. The number of nitrogens with one attached hydrogen (secondary N) is 1. The van der Waals surface area contributed by atoms with Crippen LogP contribution < -0.4 is 5.32 Å². The number of allylic oxidation sites excluding steroid dienone is 19. The Morgan fingerprint density at radius 2 is 0.762 bits per heavy atom. The van der Waals surface area contributed by atoms with Crippen LogP contribution in [0.5, 0.6) is 0 Å². The first-order chi connectivity index (χ1) is 40.9. The maximum absolute atomic E-state index is 13.6. The van der Waals surface area contributed by atoms with E-state index < -0.39 is 20.0 Å². The molecule has 0 aromatic rings. The summed E-state index contributed by atoms with van der Waals surface area (Å²) in [7, 11) is 1.46. The minimum atomic E-state index is -4.47. The zero-order valence-electron chi connectivity index (χ0n) is 55.1.